The van der Waals surface area contributed by atoms with Gasteiger partial charge in [0.2, 0.25) is 0 Å². The Morgan fingerprint density at radius 1 is 0.767 bits per heavy atom. The van der Waals surface area contributed by atoms with Crippen LogP contribution in [0.1, 0.15) is 5.56 Å². The lowest BCUT2D eigenvalue weighted by Crippen LogP contribution is -2.00. The van der Waals surface area contributed by atoms with Gasteiger partial charge in [0.1, 0.15) is 17.2 Å². The number of nitrogens with zero attached hydrogens (tertiary/aromatic N) is 3. The van der Waals surface area contributed by atoms with Crippen LogP contribution in [0.25, 0.3) is 22.8 Å². The summed E-state index contributed by atoms with van der Waals surface area (Å²) in [4.78, 5) is 9.49. The second-order valence-electron chi connectivity index (χ2n) is 6.97. The van der Waals surface area contributed by atoms with E-state index in [4.69, 9.17) is 26.3 Å². The molecule has 0 spiro atoms. The number of ether oxygens (including phenoxy) is 1. The minimum absolute atomic E-state index is 0.653. The molecule has 0 N–H and O–H groups in total. The maximum atomic E-state index is 6.08. The van der Waals surface area contributed by atoms with Gasteiger partial charge >= 0.3 is 0 Å². The summed E-state index contributed by atoms with van der Waals surface area (Å²) in [5.74, 6) is 2.16. The Hall–Kier alpha value is -3.63. The molecule has 0 unspecified atom stereocenters. The van der Waals surface area contributed by atoms with Crippen molar-refractivity contribution in [2.75, 3.05) is 0 Å². The fraction of sp³-hybridized carbons (Fsp3) is 0.0400. The molecule has 30 heavy (non-hydrogen) atoms. The highest BCUT2D eigenvalue weighted by Crippen LogP contribution is 2.33. The molecule has 5 heteroatoms. The molecule has 146 valence electrons. The van der Waals surface area contributed by atoms with Gasteiger partial charge in [0.15, 0.2) is 5.82 Å². The summed E-state index contributed by atoms with van der Waals surface area (Å²) in [6, 6.07) is 27.4. The van der Waals surface area contributed by atoms with E-state index in [1.54, 1.807) is 0 Å². The van der Waals surface area contributed by atoms with Crippen LogP contribution in [0.5, 0.6) is 11.5 Å². The van der Waals surface area contributed by atoms with Crippen molar-refractivity contribution in [1.82, 2.24) is 14.5 Å². The van der Waals surface area contributed by atoms with Crippen LogP contribution in [0.2, 0.25) is 5.02 Å². The van der Waals surface area contributed by atoms with E-state index in [1.807, 2.05) is 97.3 Å². The Labute approximate surface area is 179 Å². The molecule has 0 aliphatic carbocycles. The summed E-state index contributed by atoms with van der Waals surface area (Å²) in [6.07, 6.45) is 4.03. The van der Waals surface area contributed by atoms with Crippen LogP contribution in [-0.4, -0.2) is 14.5 Å². The summed E-state index contributed by atoms with van der Waals surface area (Å²) < 4.78 is 8.17. The van der Waals surface area contributed by atoms with Gasteiger partial charge in [-0.15, -0.1) is 0 Å². The molecule has 0 radical (unpaired) electrons. The van der Waals surface area contributed by atoms with Crippen LogP contribution in [0.3, 0.4) is 0 Å². The molecule has 2 aliphatic heterocycles. The van der Waals surface area contributed by atoms with Gasteiger partial charge in [-0.25, -0.2) is 9.97 Å². The van der Waals surface area contributed by atoms with Gasteiger partial charge in [-0.05, 0) is 48.0 Å². The molecule has 0 atom stereocenters. The molecular formula is C25H18ClN3O. The van der Waals surface area contributed by atoms with Crippen molar-refractivity contribution in [2.24, 2.45) is 0 Å². The number of fused-ring (bicyclic) bond motifs is 1. The molecular weight excluding hydrogens is 394 g/mol. The second kappa shape index (κ2) is 8.01. The largest absolute Gasteiger partial charge is 0.457 e. The van der Waals surface area contributed by atoms with Crippen LogP contribution < -0.4 is 4.74 Å². The molecule has 4 nitrogen and oxygen atoms in total. The van der Waals surface area contributed by atoms with Gasteiger partial charge in [-0.1, -0.05) is 54.1 Å². The van der Waals surface area contributed by atoms with E-state index in [9.17, 15) is 0 Å². The number of benzene rings is 3. The van der Waals surface area contributed by atoms with Crippen molar-refractivity contribution >= 4 is 11.6 Å². The van der Waals surface area contributed by atoms with E-state index in [0.29, 0.717) is 5.82 Å². The molecule has 0 amide bonds. The summed E-state index contributed by atoms with van der Waals surface area (Å²) in [5.41, 5.74) is 3.73. The first-order valence-corrected chi connectivity index (χ1v) is 10.0. The predicted octanol–water partition coefficient (Wildman–Crippen LogP) is 6.54. The maximum absolute atomic E-state index is 6.08. The van der Waals surface area contributed by atoms with E-state index >= 15 is 0 Å². The van der Waals surface area contributed by atoms with Crippen LogP contribution >= 0.6 is 11.6 Å². The van der Waals surface area contributed by atoms with E-state index in [1.165, 1.54) is 5.56 Å². The minimum Gasteiger partial charge on any atom is -0.457 e. The van der Waals surface area contributed by atoms with Gasteiger partial charge < -0.3 is 9.30 Å². The average Bonchev–Trinajstić information content (AvgIpc) is 3.20. The zero-order chi connectivity index (χ0) is 20.3. The molecule has 0 bridgehead atoms. The predicted molar refractivity (Wildman–Crippen MR) is 119 cm³/mol. The number of rotatable bonds is 5. The lowest BCUT2D eigenvalue weighted by atomic mass is 10.2. The monoisotopic (exact) mass is 411 g/mol. The van der Waals surface area contributed by atoms with Gasteiger partial charge in [0.25, 0.3) is 0 Å². The van der Waals surface area contributed by atoms with Gasteiger partial charge in [-0.3, -0.25) is 0 Å². The van der Waals surface area contributed by atoms with Crippen molar-refractivity contribution in [2.45, 2.75) is 6.54 Å². The van der Waals surface area contributed by atoms with Crippen molar-refractivity contribution in [1.29, 1.82) is 0 Å². The number of halogens is 1. The summed E-state index contributed by atoms with van der Waals surface area (Å²) >= 11 is 5.98. The Bertz CT molecular complexity index is 1250. The lowest BCUT2D eigenvalue weighted by molar-refractivity contribution is 0.484. The van der Waals surface area contributed by atoms with Crippen LogP contribution in [0.15, 0.2) is 97.3 Å². The molecule has 3 aromatic carbocycles. The quantitative estimate of drug-likeness (QED) is 0.329. The number of pyridine rings is 1. The maximum Gasteiger partial charge on any atom is 0.164 e. The van der Waals surface area contributed by atoms with E-state index in [0.717, 1.165) is 40.0 Å². The third kappa shape index (κ3) is 3.91. The zero-order valence-electron chi connectivity index (χ0n) is 16.1. The first-order chi connectivity index (χ1) is 14.7. The Balaban J connectivity index is 1.46. The van der Waals surface area contributed by atoms with E-state index in [2.05, 4.69) is 4.57 Å². The van der Waals surface area contributed by atoms with Crippen molar-refractivity contribution < 1.29 is 4.74 Å². The van der Waals surface area contributed by atoms with Crippen molar-refractivity contribution in [3.8, 4) is 34.3 Å². The fourth-order valence-electron chi connectivity index (χ4n) is 3.33. The SMILES string of the molecule is Clc1ccc(Cn2ccc3nc(-c4ccccc4Oc4ccccc4)nc-3c2)cc1. The highest BCUT2D eigenvalue weighted by molar-refractivity contribution is 6.30. The first-order valence-electron chi connectivity index (χ1n) is 9.65. The molecule has 2 aliphatic rings. The van der Waals surface area contributed by atoms with Crippen LogP contribution in [-0.2, 0) is 6.54 Å². The molecule has 0 saturated carbocycles. The van der Waals surface area contributed by atoms with Crippen LogP contribution in [0.4, 0.5) is 0 Å². The molecule has 0 fully saturated rings. The van der Waals surface area contributed by atoms with Crippen LogP contribution in [0, 0.1) is 0 Å². The Morgan fingerprint density at radius 3 is 2.33 bits per heavy atom. The fourth-order valence-corrected chi connectivity index (χ4v) is 3.45. The number of para-hydroxylation sites is 2. The highest BCUT2D eigenvalue weighted by Gasteiger charge is 2.16. The summed E-state index contributed by atoms with van der Waals surface area (Å²) in [5, 5.41) is 0.738. The number of imidazole rings is 1. The Morgan fingerprint density at radius 2 is 1.50 bits per heavy atom. The van der Waals surface area contributed by atoms with Crippen molar-refractivity contribution in [3.63, 3.8) is 0 Å². The molecule has 2 heterocycles. The van der Waals surface area contributed by atoms with Gasteiger partial charge in [-0.2, -0.15) is 0 Å². The number of hydrogen-bond donors (Lipinski definition) is 0. The topological polar surface area (TPSA) is 39.9 Å². The number of hydrogen-bond acceptors (Lipinski definition) is 3. The highest BCUT2D eigenvalue weighted by atomic mass is 35.5. The molecule has 0 saturated heterocycles. The van der Waals surface area contributed by atoms with E-state index in [-0.39, 0.29) is 0 Å². The third-order valence-corrected chi connectivity index (χ3v) is 5.06. The lowest BCUT2D eigenvalue weighted by Gasteiger charge is -2.08. The molecule has 0 aromatic heterocycles. The molecule has 3 aromatic rings. The normalized spacial score (nSPS) is 11.0. The van der Waals surface area contributed by atoms with Gasteiger partial charge in [0, 0.05) is 24.0 Å². The average molecular weight is 412 g/mol. The summed E-state index contributed by atoms with van der Waals surface area (Å²) in [7, 11) is 0. The van der Waals surface area contributed by atoms with E-state index < -0.39 is 0 Å². The zero-order valence-corrected chi connectivity index (χ0v) is 16.8. The molecule has 5 rings (SSSR count). The van der Waals surface area contributed by atoms with Crippen molar-refractivity contribution in [3.05, 3.63) is 108 Å². The number of aromatic nitrogens is 3. The standard InChI is InChI=1S/C25H18ClN3O/c26-19-12-10-18(11-13-19)16-29-15-14-22-23(17-29)28-25(27-22)21-8-4-5-9-24(21)30-20-6-2-1-3-7-20/h1-15,17H,16H2. The second-order valence-corrected chi connectivity index (χ2v) is 7.41. The Kier molecular flexibility index (Phi) is 4.91. The summed E-state index contributed by atoms with van der Waals surface area (Å²) in [6.45, 7) is 0.739. The third-order valence-electron chi connectivity index (χ3n) is 4.80. The first kappa shape index (κ1) is 18.4. The smallest absolute Gasteiger partial charge is 0.164 e. The van der Waals surface area contributed by atoms with Gasteiger partial charge in [0.05, 0.1) is 11.3 Å². The minimum atomic E-state index is 0.653.